The molecular weight excluding hydrogens is 312 g/mol. The summed E-state index contributed by atoms with van der Waals surface area (Å²) >= 11 is 1.31. The van der Waals surface area contributed by atoms with Crippen molar-refractivity contribution in [1.82, 2.24) is 4.98 Å². The van der Waals surface area contributed by atoms with E-state index in [2.05, 4.69) is 10.3 Å². The molecule has 0 aliphatic carbocycles. The molecule has 2 aromatic rings. The molecule has 122 valence electrons. The van der Waals surface area contributed by atoms with Crippen molar-refractivity contribution in [1.29, 1.82) is 0 Å². The number of nitrogens with one attached hydrogen (secondary N) is 1. The molecule has 1 aromatic carbocycles. The van der Waals surface area contributed by atoms with Crippen LogP contribution in [0.2, 0.25) is 0 Å². The molecule has 6 heteroatoms. The molecule has 0 spiro atoms. The topological polar surface area (TPSA) is 79.3 Å². The van der Waals surface area contributed by atoms with Crippen LogP contribution in [-0.2, 0) is 16.0 Å². The van der Waals surface area contributed by atoms with E-state index in [1.807, 2.05) is 32.9 Å². The molecule has 0 unspecified atom stereocenters. The summed E-state index contributed by atoms with van der Waals surface area (Å²) in [6.07, 6.45) is -0.124. The summed E-state index contributed by atoms with van der Waals surface area (Å²) in [5.41, 5.74) is 4.52. The highest BCUT2D eigenvalue weighted by Crippen LogP contribution is 2.26. The molecule has 1 atom stereocenters. The lowest BCUT2D eigenvalue weighted by Crippen LogP contribution is -2.20. The fraction of sp³-hybridized carbons (Fsp3) is 0.353. The zero-order chi connectivity index (χ0) is 17.1. The minimum absolute atomic E-state index is 0.124. The number of carboxylic acid groups (broad SMARTS) is 1. The van der Waals surface area contributed by atoms with Gasteiger partial charge in [-0.3, -0.25) is 9.59 Å². The van der Waals surface area contributed by atoms with E-state index >= 15 is 0 Å². The number of aryl methyl sites for hydroxylation is 3. The largest absolute Gasteiger partial charge is 0.481 e. The lowest BCUT2D eigenvalue weighted by Gasteiger charge is -2.15. The molecule has 0 fully saturated rings. The second-order valence-corrected chi connectivity index (χ2v) is 6.62. The highest BCUT2D eigenvalue weighted by molar-refractivity contribution is 7.09. The maximum Gasteiger partial charge on any atom is 0.309 e. The van der Waals surface area contributed by atoms with Crippen molar-refractivity contribution in [3.63, 3.8) is 0 Å². The number of carboxylic acids is 1. The first kappa shape index (κ1) is 17.1. The third-order valence-corrected chi connectivity index (χ3v) is 4.67. The normalized spacial score (nSPS) is 12.0. The molecule has 2 N–H and O–H groups in total. The molecule has 0 aliphatic rings. The number of carbonyl (C=O) groups excluding carboxylic acids is 1. The number of rotatable bonds is 5. The zero-order valence-electron chi connectivity index (χ0n) is 13.6. The van der Waals surface area contributed by atoms with Gasteiger partial charge >= 0.3 is 5.97 Å². The average Bonchev–Trinajstić information content (AvgIpc) is 2.89. The van der Waals surface area contributed by atoms with Gasteiger partial charge in [0, 0.05) is 11.1 Å². The first-order valence-corrected chi connectivity index (χ1v) is 8.20. The molecule has 0 radical (unpaired) electrons. The molecule has 23 heavy (non-hydrogen) atoms. The van der Waals surface area contributed by atoms with Crippen LogP contribution in [0.3, 0.4) is 0 Å². The predicted octanol–water partition coefficient (Wildman–Crippen LogP) is 3.44. The van der Waals surface area contributed by atoms with Gasteiger partial charge in [0.25, 0.3) is 0 Å². The van der Waals surface area contributed by atoms with Crippen molar-refractivity contribution >= 4 is 28.9 Å². The lowest BCUT2D eigenvalue weighted by atomic mass is 10.0. The molecular formula is C17H20N2O3S. The molecule has 5 nitrogen and oxygen atoms in total. The highest BCUT2D eigenvalue weighted by Gasteiger charge is 2.20. The fourth-order valence-corrected chi connectivity index (χ4v) is 3.35. The monoisotopic (exact) mass is 332 g/mol. The molecule has 1 aromatic heterocycles. The van der Waals surface area contributed by atoms with Gasteiger partial charge in [0.1, 0.15) is 5.01 Å². The Balaban J connectivity index is 2.14. The summed E-state index contributed by atoms with van der Waals surface area (Å²) in [5, 5.41) is 14.1. The van der Waals surface area contributed by atoms with Crippen LogP contribution >= 0.6 is 11.3 Å². The number of amides is 1. The van der Waals surface area contributed by atoms with Crippen LogP contribution in [0.15, 0.2) is 17.5 Å². The van der Waals surface area contributed by atoms with Gasteiger partial charge in [-0.2, -0.15) is 0 Å². The third-order valence-electron chi connectivity index (χ3n) is 3.59. The number of hydrogen-bond acceptors (Lipinski definition) is 4. The highest BCUT2D eigenvalue weighted by atomic mass is 32.1. The molecule has 1 heterocycles. The van der Waals surface area contributed by atoms with Gasteiger partial charge in [-0.05, 0) is 38.8 Å². The Morgan fingerprint density at radius 3 is 2.43 bits per heavy atom. The number of aliphatic carboxylic acids is 1. The van der Waals surface area contributed by atoms with Gasteiger partial charge in [0.15, 0.2) is 0 Å². The minimum Gasteiger partial charge on any atom is -0.481 e. The van der Waals surface area contributed by atoms with E-state index in [4.69, 9.17) is 5.11 Å². The minimum atomic E-state index is -0.926. The van der Waals surface area contributed by atoms with Crippen LogP contribution in [-0.4, -0.2) is 22.0 Å². The van der Waals surface area contributed by atoms with Crippen molar-refractivity contribution in [2.45, 2.75) is 40.0 Å². The van der Waals surface area contributed by atoms with Crippen LogP contribution in [0, 0.1) is 20.8 Å². The second-order valence-electron chi connectivity index (χ2n) is 5.73. The Labute approximate surface area is 139 Å². The number of benzene rings is 1. The number of anilines is 1. The zero-order valence-corrected chi connectivity index (χ0v) is 14.5. The lowest BCUT2D eigenvalue weighted by molar-refractivity contribution is -0.136. The molecule has 0 bridgehead atoms. The van der Waals surface area contributed by atoms with Crippen molar-refractivity contribution in [3.8, 4) is 0 Å². The van der Waals surface area contributed by atoms with Crippen LogP contribution < -0.4 is 5.32 Å². The van der Waals surface area contributed by atoms with Crippen LogP contribution in [0.4, 0.5) is 5.69 Å². The molecule has 0 saturated heterocycles. The number of nitrogens with zero attached hydrogens (tertiary/aromatic N) is 1. The van der Waals surface area contributed by atoms with Gasteiger partial charge in [-0.1, -0.05) is 17.7 Å². The van der Waals surface area contributed by atoms with Gasteiger partial charge in [0.2, 0.25) is 5.91 Å². The fourth-order valence-electron chi connectivity index (χ4n) is 2.48. The van der Waals surface area contributed by atoms with E-state index in [0.29, 0.717) is 10.7 Å². The number of thiazole rings is 1. The Kier molecular flexibility index (Phi) is 5.15. The summed E-state index contributed by atoms with van der Waals surface area (Å²) in [4.78, 5) is 27.4. The van der Waals surface area contributed by atoms with Gasteiger partial charge in [0.05, 0.1) is 18.0 Å². The van der Waals surface area contributed by atoms with E-state index in [-0.39, 0.29) is 12.3 Å². The van der Waals surface area contributed by atoms with Crippen LogP contribution in [0.25, 0.3) is 0 Å². The van der Waals surface area contributed by atoms with Gasteiger partial charge < -0.3 is 10.4 Å². The smallest absolute Gasteiger partial charge is 0.309 e. The Morgan fingerprint density at radius 1 is 1.26 bits per heavy atom. The second kappa shape index (κ2) is 6.91. The summed E-state index contributed by atoms with van der Waals surface area (Å²) < 4.78 is 0. The molecule has 1 amide bonds. The first-order chi connectivity index (χ1) is 10.8. The Morgan fingerprint density at radius 2 is 1.87 bits per heavy atom. The summed E-state index contributed by atoms with van der Waals surface area (Å²) in [5.74, 6) is -1.50. The summed E-state index contributed by atoms with van der Waals surface area (Å²) in [6, 6.07) is 4.06. The number of aromatic nitrogens is 1. The maximum absolute atomic E-state index is 12.5. The van der Waals surface area contributed by atoms with Crippen molar-refractivity contribution in [2.24, 2.45) is 0 Å². The van der Waals surface area contributed by atoms with Crippen molar-refractivity contribution in [2.75, 3.05) is 5.32 Å². The standard InChI is InChI=1S/C17H20N2O3S/c1-9-5-10(2)15(11(3)6-9)19-16(22)12(4)17-18-13(8-23-17)7-14(20)21/h5-6,8,12H,7H2,1-4H3,(H,19,22)(H,20,21)/t12-/m1/s1. The van der Waals surface area contributed by atoms with E-state index in [1.54, 1.807) is 12.3 Å². The van der Waals surface area contributed by atoms with Crippen LogP contribution in [0.1, 0.15) is 40.2 Å². The maximum atomic E-state index is 12.5. The van der Waals surface area contributed by atoms with Crippen molar-refractivity contribution < 1.29 is 14.7 Å². The van der Waals surface area contributed by atoms with Crippen molar-refractivity contribution in [3.05, 3.63) is 44.9 Å². The van der Waals surface area contributed by atoms with E-state index in [0.717, 1.165) is 22.4 Å². The first-order valence-electron chi connectivity index (χ1n) is 7.32. The van der Waals surface area contributed by atoms with E-state index in [9.17, 15) is 9.59 Å². The third kappa shape index (κ3) is 4.16. The van der Waals surface area contributed by atoms with Gasteiger partial charge in [-0.25, -0.2) is 4.98 Å². The number of carbonyl (C=O) groups is 2. The van der Waals surface area contributed by atoms with E-state index in [1.165, 1.54) is 11.3 Å². The van der Waals surface area contributed by atoms with E-state index < -0.39 is 11.9 Å². The predicted molar refractivity (Wildman–Crippen MR) is 91.2 cm³/mol. The Bertz CT molecular complexity index is 729. The molecule has 2 rings (SSSR count). The average molecular weight is 332 g/mol. The van der Waals surface area contributed by atoms with Crippen LogP contribution in [0.5, 0.6) is 0 Å². The summed E-state index contributed by atoms with van der Waals surface area (Å²) in [7, 11) is 0. The Hall–Kier alpha value is -2.21. The summed E-state index contributed by atoms with van der Waals surface area (Å²) in [6.45, 7) is 7.73. The SMILES string of the molecule is Cc1cc(C)c(NC(=O)[C@@H](C)c2nc(CC(=O)O)cs2)c(C)c1. The quantitative estimate of drug-likeness (QED) is 0.879. The molecule has 0 aliphatic heterocycles. The number of hydrogen-bond donors (Lipinski definition) is 2. The van der Waals surface area contributed by atoms with Gasteiger partial charge in [-0.15, -0.1) is 11.3 Å². The molecule has 0 saturated carbocycles.